The number of fused-ring (bicyclic) bond motifs is 1. The number of aromatic nitrogens is 3. The highest BCUT2D eigenvalue weighted by Crippen LogP contribution is 2.29. The van der Waals surface area contributed by atoms with E-state index in [0.717, 1.165) is 45.3 Å². The van der Waals surface area contributed by atoms with E-state index in [9.17, 15) is 4.79 Å². The Morgan fingerprint density at radius 3 is 2.77 bits per heavy atom. The Morgan fingerprint density at radius 2 is 1.96 bits per heavy atom. The molecule has 0 fully saturated rings. The number of ether oxygens (including phenoxy) is 1. The molecule has 2 aromatic heterocycles. The lowest BCUT2D eigenvalue weighted by atomic mass is 10.1. The van der Waals surface area contributed by atoms with E-state index >= 15 is 0 Å². The van der Waals surface area contributed by atoms with Crippen LogP contribution in [0.1, 0.15) is 15.9 Å². The van der Waals surface area contributed by atoms with Gasteiger partial charge < -0.3 is 4.74 Å². The van der Waals surface area contributed by atoms with Crippen molar-refractivity contribution in [3.05, 3.63) is 52.9 Å². The number of nitrogens with zero attached hydrogens (tertiary/aromatic N) is 3. The zero-order chi connectivity index (χ0) is 18.1. The van der Waals surface area contributed by atoms with E-state index in [1.807, 2.05) is 30.5 Å². The van der Waals surface area contributed by atoms with Crippen molar-refractivity contribution in [2.45, 2.75) is 6.92 Å². The number of benzene rings is 2. The number of methoxy groups -OCH3 is 1. The third kappa shape index (κ3) is 3.16. The van der Waals surface area contributed by atoms with Gasteiger partial charge in [-0.2, -0.15) is 8.75 Å². The van der Waals surface area contributed by atoms with Crippen LogP contribution in [-0.4, -0.2) is 26.7 Å². The second kappa shape index (κ2) is 6.81. The van der Waals surface area contributed by atoms with Gasteiger partial charge in [0.1, 0.15) is 16.8 Å². The first-order valence-electron chi connectivity index (χ1n) is 7.78. The molecule has 2 heterocycles. The number of nitrogens with one attached hydrogen (secondary N) is 1. The van der Waals surface area contributed by atoms with Gasteiger partial charge in [-0.05, 0) is 48.9 Å². The fourth-order valence-electron chi connectivity index (χ4n) is 2.59. The topological polar surface area (TPSA) is 77.0 Å². The molecule has 6 nitrogen and oxygen atoms in total. The van der Waals surface area contributed by atoms with Crippen molar-refractivity contribution >= 4 is 45.1 Å². The van der Waals surface area contributed by atoms with Crippen LogP contribution in [0.3, 0.4) is 0 Å². The number of rotatable bonds is 4. The number of hydrogen-bond acceptors (Lipinski definition) is 7. The second-order valence-corrected chi connectivity index (χ2v) is 7.03. The Balaban J connectivity index is 1.54. The Hall–Kier alpha value is -2.84. The van der Waals surface area contributed by atoms with Gasteiger partial charge in [0.15, 0.2) is 5.13 Å². The highest BCUT2D eigenvalue weighted by atomic mass is 32.1. The summed E-state index contributed by atoms with van der Waals surface area (Å²) in [6.45, 7) is 1.99. The predicted molar refractivity (Wildman–Crippen MR) is 104 cm³/mol. The van der Waals surface area contributed by atoms with Crippen molar-refractivity contribution in [3.63, 3.8) is 0 Å². The summed E-state index contributed by atoms with van der Waals surface area (Å²) in [7, 11) is 1.65. The number of carbonyl (C=O) groups is 1. The largest absolute Gasteiger partial charge is 0.496 e. The first-order chi connectivity index (χ1) is 12.6. The second-order valence-electron chi connectivity index (χ2n) is 5.64. The summed E-state index contributed by atoms with van der Waals surface area (Å²) < 4.78 is 13.6. The summed E-state index contributed by atoms with van der Waals surface area (Å²) in [6, 6.07) is 11.1. The molecule has 0 aliphatic heterocycles. The van der Waals surface area contributed by atoms with Crippen LogP contribution in [0.25, 0.3) is 22.3 Å². The minimum atomic E-state index is -0.216. The monoisotopic (exact) mass is 382 g/mol. The lowest BCUT2D eigenvalue weighted by Gasteiger charge is -2.05. The van der Waals surface area contributed by atoms with Crippen LogP contribution in [-0.2, 0) is 0 Å². The molecular formula is C18H14N4O2S2. The van der Waals surface area contributed by atoms with Gasteiger partial charge in [0.05, 0.1) is 24.5 Å². The molecule has 0 unspecified atom stereocenters. The normalized spacial score (nSPS) is 10.8. The van der Waals surface area contributed by atoms with Crippen LogP contribution in [0.2, 0.25) is 0 Å². The van der Waals surface area contributed by atoms with Crippen molar-refractivity contribution in [1.82, 2.24) is 13.7 Å². The molecule has 4 rings (SSSR count). The first kappa shape index (κ1) is 16.6. The van der Waals surface area contributed by atoms with Gasteiger partial charge in [-0.15, -0.1) is 11.3 Å². The maximum atomic E-state index is 12.5. The molecule has 0 saturated heterocycles. The average molecular weight is 382 g/mol. The van der Waals surface area contributed by atoms with Crippen LogP contribution in [0.4, 0.5) is 5.13 Å². The van der Waals surface area contributed by atoms with Gasteiger partial charge in [-0.25, -0.2) is 4.98 Å². The van der Waals surface area contributed by atoms with E-state index in [2.05, 4.69) is 19.0 Å². The maximum absolute atomic E-state index is 12.5. The standard InChI is InChI=1S/C18H14N4O2S2/c1-10-7-11(4-6-16(10)24-2)15-9-25-18(19-15)20-17(23)12-3-5-13-14(8-12)22-26-21-13/h3-9H,1-2H3,(H,19,20,23). The molecule has 2 aromatic carbocycles. The smallest absolute Gasteiger partial charge is 0.257 e. The maximum Gasteiger partial charge on any atom is 0.257 e. The molecule has 1 amide bonds. The molecule has 1 N–H and O–H groups in total. The summed E-state index contributed by atoms with van der Waals surface area (Å²) in [6.07, 6.45) is 0. The molecule has 0 bridgehead atoms. The minimum absolute atomic E-state index is 0.216. The molecular weight excluding hydrogens is 368 g/mol. The van der Waals surface area contributed by atoms with Gasteiger partial charge in [-0.1, -0.05) is 0 Å². The van der Waals surface area contributed by atoms with Crippen LogP contribution < -0.4 is 10.1 Å². The Bertz CT molecular complexity index is 1100. The summed E-state index contributed by atoms with van der Waals surface area (Å²) in [5.74, 6) is 0.621. The molecule has 0 aliphatic carbocycles. The van der Waals surface area contributed by atoms with Gasteiger partial charge >= 0.3 is 0 Å². The minimum Gasteiger partial charge on any atom is -0.496 e. The first-order valence-corrected chi connectivity index (χ1v) is 9.39. The molecule has 26 heavy (non-hydrogen) atoms. The fourth-order valence-corrected chi connectivity index (χ4v) is 3.83. The number of anilines is 1. The van der Waals surface area contributed by atoms with Gasteiger partial charge in [0.2, 0.25) is 0 Å². The summed E-state index contributed by atoms with van der Waals surface area (Å²) in [5.41, 5.74) is 4.87. The third-order valence-electron chi connectivity index (χ3n) is 3.93. The lowest BCUT2D eigenvalue weighted by Crippen LogP contribution is -2.11. The van der Waals surface area contributed by atoms with Crippen molar-refractivity contribution in [3.8, 4) is 17.0 Å². The number of carbonyl (C=O) groups excluding carboxylic acids is 1. The average Bonchev–Trinajstić information content (AvgIpc) is 3.30. The summed E-state index contributed by atoms with van der Waals surface area (Å²) in [5, 5.41) is 5.31. The summed E-state index contributed by atoms with van der Waals surface area (Å²) in [4.78, 5) is 17.0. The molecule has 4 aromatic rings. The van der Waals surface area contributed by atoms with Gasteiger partial charge in [0, 0.05) is 16.5 Å². The van der Waals surface area contributed by atoms with E-state index < -0.39 is 0 Å². The van der Waals surface area contributed by atoms with E-state index in [1.165, 1.54) is 11.3 Å². The molecule has 0 aliphatic rings. The van der Waals surface area contributed by atoms with E-state index in [1.54, 1.807) is 25.3 Å². The highest BCUT2D eigenvalue weighted by molar-refractivity contribution is 7.14. The quantitative estimate of drug-likeness (QED) is 0.567. The van der Waals surface area contributed by atoms with Crippen molar-refractivity contribution < 1.29 is 9.53 Å². The number of amides is 1. The zero-order valence-electron chi connectivity index (χ0n) is 14.0. The molecule has 0 radical (unpaired) electrons. The Morgan fingerprint density at radius 1 is 1.12 bits per heavy atom. The third-order valence-corrected chi connectivity index (χ3v) is 5.25. The van der Waals surface area contributed by atoms with Crippen LogP contribution >= 0.6 is 23.1 Å². The van der Waals surface area contributed by atoms with Crippen LogP contribution in [0.5, 0.6) is 5.75 Å². The number of hydrogen-bond donors (Lipinski definition) is 1. The van der Waals surface area contributed by atoms with Crippen molar-refractivity contribution in [2.75, 3.05) is 12.4 Å². The Labute approximate surface area is 157 Å². The number of aryl methyl sites for hydroxylation is 1. The zero-order valence-corrected chi connectivity index (χ0v) is 15.6. The lowest BCUT2D eigenvalue weighted by molar-refractivity contribution is 0.102. The Kier molecular flexibility index (Phi) is 4.36. The van der Waals surface area contributed by atoms with Crippen LogP contribution in [0.15, 0.2) is 41.8 Å². The highest BCUT2D eigenvalue weighted by Gasteiger charge is 2.12. The van der Waals surface area contributed by atoms with Crippen molar-refractivity contribution in [2.24, 2.45) is 0 Å². The molecule has 0 spiro atoms. The van der Waals surface area contributed by atoms with Crippen LogP contribution in [0, 0.1) is 6.92 Å². The van der Waals surface area contributed by atoms with Gasteiger partial charge in [0.25, 0.3) is 5.91 Å². The van der Waals surface area contributed by atoms with E-state index in [-0.39, 0.29) is 5.91 Å². The predicted octanol–water partition coefficient (Wildman–Crippen LogP) is 4.38. The van der Waals surface area contributed by atoms with Crippen molar-refractivity contribution in [1.29, 1.82) is 0 Å². The molecule has 0 atom stereocenters. The molecule has 130 valence electrons. The van der Waals surface area contributed by atoms with E-state index in [0.29, 0.717) is 10.7 Å². The number of thiazole rings is 1. The molecule has 8 heteroatoms. The summed E-state index contributed by atoms with van der Waals surface area (Å²) >= 11 is 2.52. The fraction of sp³-hybridized carbons (Fsp3) is 0.111. The van der Waals surface area contributed by atoms with E-state index in [4.69, 9.17) is 4.74 Å². The van der Waals surface area contributed by atoms with Gasteiger partial charge in [-0.3, -0.25) is 10.1 Å². The SMILES string of the molecule is COc1ccc(-c2csc(NC(=O)c3ccc4nsnc4c3)n2)cc1C. The molecule has 0 saturated carbocycles.